The molecule has 1 aromatic rings. The van der Waals surface area contributed by atoms with Gasteiger partial charge in [0.1, 0.15) is 12.1 Å². The molecule has 1 heterocycles. The number of hydrogen-bond acceptors (Lipinski definition) is 2. The van der Waals surface area contributed by atoms with Gasteiger partial charge in [-0.2, -0.15) is 0 Å². The standard InChI is InChI=1S/C9H12N2O/c1-2-11-6-5-10-8(11)9(7-12)3-4-9/h5-7H,2-4H2,1H3. The summed E-state index contributed by atoms with van der Waals surface area (Å²) in [5, 5.41) is 0. The molecule has 0 radical (unpaired) electrons. The predicted molar refractivity (Wildman–Crippen MR) is 44.9 cm³/mol. The smallest absolute Gasteiger partial charge is 0.133 e. The Hall–Kier alpha value is -1.12. The molecule has 0 atom stereocenters. The molecule has 1 aliphatic carbocycles. The molecule has 2 rings (SSSR count). The Labute approximate surface area is 71.4 Å². The summed E-state index contributed by atoms with van der Waals surface area (Å²) in [5.74, 6) is 0.944. The van der Waals surface area contributed by atoms with Crippen LogP contribution < -0.4 is 0 Å². The number of aldehydes is 1. The third-order valence-electron chi connectivity index (χ3n) is 2.52. The van der Waals surface area contributed by atoms with Crippen molar-refractivity contribution in [2.75, 3.05) is 0 Å². The summed E-state index contributed by atoms with van der Waals surface area (Å²) in [4.78, 5) is 15.0. The molecule has 3 nitrogen and oxygen atoms in total. The Morgan fingerprint density at radius 1 is 1.75 bits per heavy atom. The maximum Gasteiger partial charge on any atom is 0.133 e. The van der Waals surface area contributed by atoms with E-state index in [0.717, 1.165) is 31.5 Å². The molecule has 0 aromatic carbocycles. The normalized spacial score (nSPS) is 19.1. The van der Waals surface area contributed by atoms with Crippen LogP contribution in [0.3, 0.4) is 0 Å². The van der Waals surface area contributed by atoms with E-state index in [1.165, 1.54) is 0 Å². The molecular formula is C9H12N2O. The quantitative estimate of drug-likeness (QED) is 0.628. The topological polar surface area (TPSA) is 34.9 Å². The lowest BCUT2D eigenvalue weighted by Gasteiger charge is -2.08. The van der Waals surface area contributed by atoms with Crippen molar-refractivity contribution in [2.24, 2.45) is 0 Å². The van der Waals surface area contributed by atoms with Gasteiger partial charge in [-0.15, -0.1) is 0 Å². The minimum Gasteiger partial charge on any atom is -0.334 e. The fraction of sp³-hybridized carbons (Fsp3) is 0.556. The number of nitrogens with zero attached hydrogens (tertiary/aromatic N) is 2. The zero-order valence-corrected chi connectivity index (χ0v) is 7.16. The van der Waals surface area contributed by atoms with Crippen molar-refractivity contribution in [1.82, 2.24) is 9.55 Å². The van der Waals surface area contributed by atoms with E-state index >= 15 is 0 Å². The van der Waals surface area contributed by atoms with Gasteiger partial charge in [0.25, 0.3) is 0 Å². The summed E-state index contributed by atoms with van der Waals surface area (Å²) in [7, 11) is 0. The van der Waals surface area contributed by atoms with E-state index in [0.29, 0.717) is 0 Å². The van der Waals surface area contributed by atoms with Gasteiger partial charge in [0, 0.05) is 18.9 Å². The van der Waals surface area contributed by atoms with Crippen LogP contribution in [0.2, 0.25) is 0 Å². The number of rotatable bonds is 3. The van der Waals surface area contributed by atoms with E-state index in [2.05, 4.69) is 11.9 Å². The third kappa shape index (κ3) is 0.891. The highest BCUT2D eigenvalue weighted by atomic mass is 16.1. The largest absolute Gasteiger partial charge is 0.334 e. The first-order valence-corrected chi connectivity index (χ1v) is 4.30. The molecule has 1 fully saturated rings. The fourth-order valence-electron chi connectivity index (χ4n) is 1.53. The van der Waals surface area contributed by atoms with Crippen LogP contribution in [0.5, 0.6) is 0 Å². The lowest BCUT2D eigenvalue weighted by Crippen LogP contribution is -2.15. The highest BCUT2D eigenvalue weighted by molar-refractivity contribution is 5.71. The molecule has 64 valence electrons. The van der Waals surface area contributed by atoms with E-state index < -0.39 is 0 Å². The minimum atomic E-state index is -0.223. The average molecular weight is 164 g/mol. The molecule has 0 amide bonds. The van der Waals surface area contributed by atoms with E-state index in [4.69, 9.17) is 0 Å². The van der Waals surface area contributed by atoms with Crippen LogP contribution in [0.4, 0.5) is 0 Å². The molecule has 0 spiro atoms. The fourth-order valence-corrected chi connectivity index (χ4v) is 1.53. The molecule has 1 aromatic heterocycles. The van der Waals surface area contributed by atoms with Gasteiger partial charge in [0.15, 0.2) is 0 Å². The predicted octanol–water partition coefficient (Wildman–Crippen LogP) is 1.13. The van der Waals surface area contributed by atoms with Crippen LogP contribution in [-0.4, -0.2) is 15.8 Å². The molecule has 0 unspecified atom stereocenters. The Bertz CT molecular complexity index is 299. The molecule has 0 bridgehead atoms. The molecule has 3 heteroatoms. The van der Waals surface area contributed by atoms with Crippen LogP contribution in [0, 0.1) is 0 Å². The van der Waals surface area contributed by atoms with Gasteiger partial charge in [0.2, 0.25) is 0 Å². The van der Waals surface area contributed by atoms with Gasteiger partial charge < -0.3 is 9.36 Å². The number of carbonyl (C=O) groups is 1. The van der Waals surface area contributed by atoms with Crippen LogP contribution in [-0.2, 0) is 16.8 Å². The summed E-state index contributed by atoms with van der Waals surface area (Å²) >= 11 is 0. The van der Waals surface area contributed by atoms with Crippen LogP contribution in [0.15, 0.2) is 12.4 Å². The van der Waals surface area contributed by atoms with Crippen molar-refractivity contribution in [2.45, 2.75) is 31.7 Å². The average Bonchev–Trinajstić information content (AvgIpc) is 2.76. The number of hydrogen-bond donors (Lipinski definition) is 0. The Morgan fingerprint density at radius 2 is 2.50 bits per heavy atom. The van der Waals surface area contributed by atoms with Crippen molar-refractivity contribution in [3.63, 3.8) is 0 Å². The van der Waals surface area contributed by atoms with Crippen LogP contribution in [0.1, 0.15) is 25.6 Å². The summed E-state index contributed by atoms with van der Waals surface area (Å²) in [5.41, 5.74) is -0.223. The highest BCUT2D eigenvalue weighted by Gasteiger charge is 2.47. The summed E-state index contributed by atoms with van der Waals surface area (Å²) < 4.78 is 2.04. The number of imidazole rings is 1. The number of aryl methyl sites for hydroxylation is 1. The number of carbonyl (C=O) groups excluding carboxylic acids is 1. The van der Waals surface area contributed by atoms with Crippen molar-refractivity contribution in [3.05, 3.63) is 18.2 Å². The van der Waals surface area contributed by atoms with E-state index in [1.54, 1.807) is 6.20 Å². The summed E-state index contributed by atoms with van der Waals surface area (Å²) in [6.07, 6.45) is 6.67. The van der Waals surface area contributed by atoms with Gasteiger partial charge in [-0.1, -0.05) is 0 Å². The second-order valence-corrected chi connectivity index (χ2v) is 3.31. The lowest BCUT2D eigenvalue weighted by molar-refractivity contribution is -0.110. The van der Waals surface area contributed by atoms with Gasteiger partial charge in [-0.05, 0) is 19.8 Å². The van der Waals surface area contributed by atoms with Gasteiger partial charge in [-0.25, -0.2) is 4.98 Å². The zero-order chi connectivity index (χ0) is 8.60. The highest BCUT2D eigenvalue weighted by Crippen LogP contribution is 2.45. The van der Waals surface area contributed by atoms with Gasteiger partial charge in [0.05, 0.1) is 5.41 Å². The SMILES string of the molecule is CCn1ccnc1C1(C=O)CC1. The molecule has 1 aliphatic rings. The third-order valence-corrected chi connectivity index (χ3v) is 2.52. The van der Waals surface area contributed by atoms with Crippen molar-refractivity contribution < 1.29 is 4.79 Å². The second kappa shape index (κ2) is 2.44. The maximum atomic E-state index is 10.8. The van der Waals surface area contributed by atoms with Crippen LogP contribution in [0.25, 0.3) is 0 Å². The lowest BCUT2D eigenvalue weighted by atomic mass is 10.1. The number of aromatic nitrogens is 2. The first-order valence-electron chi connectivity index (χ1n) is 4.30. The summed E-state index contributed by atoms with van der Waals surface area (Å²) in [6, 6.07) is 0. The Balaban J connectivity index is 2.38. The maximum absolute atomic E-state index is 10.8. The molecule has 0 aliphatic heterocycles. The minimum absolute atomic E-state index is 0.223. The van der Waals surface area contributed by atoms with E-state index in [1.807, 2.05) is 10.8 Å². The summed E-state index contributed by atoms with van der Waals surface area (Å²) in [6.45, 7) is 2.96. The second-order valence-electron chi connectivity index (χ2n) is 3.31. The molecule has 0 N–H and O–H groups in total. The van der Waals surface area contributed by atoms with Crippen molar-refractivity contribution in [1.29, 1.82) is 0 Å². The van der Waals surface area contributed by atoms with Gasteiger partial charge in [-0.3, -0.25) is 0 Å². The Morgan fingerprint density at radius 3 is 3.00 bits per heavy atom. The van der Waals surface area contributed by atoms with E-state index in [9.17, 15) is 4.79 Å². The Kier molecular flexibility index (Phi) is 1.53. The molecule has 0 saturated heterocycles. The van der Waals surface area contributed by atoms with E-state index in [-0.39, 0.29) is 5.41 Å². The van der Waals surface area contributed by atoms with Gasteiger partial charge >= 0.3 is 0 Å². The molecule has 12 heavy (non-hydrogen) atoms. The molecule has 1 saturated carbocycles. The van der Waals surface area contributed by atoms with Crippen molar-refractivity contribution in [3.8, 4) is 0 Å². The first kappa shape index (κ1) is 7.53. The molecular weight excluding hydrogens is 152 g/mol. The first-order chi connectivity index (χ1) is 5.82. The van der Waals surface area contributed by atoms with Crippen molar-refractivity contribution >= 4 is 6.29 Å². The zero-order valence-electron chi connectivity index (χ0n) is 7.16. The van der Waals surface area contributed by atoms with Crippen LogP contribution >= 0.6 is 0 Å². The monoisotopic (exact) mass is 164 g/mol.